The van der Waals surface area contributed by atoms with Crippen LogP contribution in [0.1, 0.15) is 25.3 Å². The highest BCUT2D eigenvalue weighted by molar-refractivity contribution is 5.91. The summed E-state index contributed by atoms with van der Waals surface area (Å²) in [4.78, 5) is 11.5. The first-order valence-electron chi connectivity index (χ1n) is 5.31. The van der Waals surface area contributed by atoms with Crippen molar-refractivity contribution in [1.82, 2.24) is 0 Å². The molecule has 0 saturated carbocycles. The van der Waals surface area contributed by atoms with E-state index in [-0.39, 0.29) is 17.6 Å². The number of anilines is 1. The molecule has 0 heterocycles. The number of carbonyl (C=O) groups is 1. The molecule has 1 atom stereocenters. The Hall–Kier alpha value is -1.42. The van der Waals surface area contributed by atoms with Gasteiger partial charge in [-0.1, -0.05) is 12.1 Å². The zero-order valence-electron chi connectivity index (χ0n) is 9.59. The molecule has 0 aliphatic heterocycles. The Labute approximate surface area is 94.8 Å². The number of carbonyl (C=O) groups excluding carboxylic acids is 1. The topological polar surface area (TPSA) is 55.1 Å². The Bertz CT molecular complexity index is 357. The van der Waals surface area contributed by atoms with Gasteiger partial charge in [0.05, 0.1) is 5.69 Å². The number of aryl methyl sites for hydroxylation is 1. The van der Waals surface area contributed by atoms with Crippen LogP contribution in [0, 0.1) is 12.7 Å². The van der Waals surface area contributed by atoms with Gasteiger partial charge in [-0.3, -0.25) is 4.79 Å². The first-order chi connectivity index (χ1) is 7.50. The van der Waals surface area contributed by atoms with Crippen LogP contribution in [0.25, 0.3) is 0 Å². The van der Waals surface area contributed by atoms with Crippen molar-refractivity contribution < 1.29 is 9.18 Å². The lowest BCUT2D eigenvalue weighted by Crippen LogP contribution is -2.20. The smallest absolute Gasteiger partial charge is 0.224 e. The summed E-state index contributed by atoms with van der Waals surface area (Å²) in [6.45, 7) is 3.59. The van der Waals surface area contributed by atoms with E-state index in [1.54, 1.807) is 19.1 Å². The van der Waals surface area contributed by atoms with Crippen molar-refractivity contribution in [2.24, 2.45) is 5.73 Å². The Kier molecular flexibility index (Phi) is 4.43. The summed E-state index contributed by atoms with van der Waals surface area (Å²) < 4.78 is 13.4. The number of hydrogen-bond donors (Lipinski definition) is 2. The molecule has 4 heteroatoms. The number of para-hydroxylation sites is 1. The standard InChI is InChI=1S/C12H17FN2O/c1-8-4-3-5-10(13)12(8)15-11(16)7-6-9(2)14/h3-5,9H,6-7,14H2,1-2H3,(H,15,16). The zero-order valence-corrected chi connectivity index (χ0v) is 9.59. The van der Waals surface area contributed by atoms with Crippen molar-refractivity contribution in [3.63, 3.8) is 0 Å². The lowest BCUT2D eigenvalue weighted by Gasteiger charge is -2.10. The number of benzene rings is 1. The molecule has 0 aliphatic carbocycles. The number of nitrogens with two attached hydrogens (primary N) is 1. The second-order valence-electron chi connectivity index (χ2n) is 4.00. The molecule has 3 N–H and O–H groups in total. The minimum absolute atomic E-state index is 0.0209. The van der Waals surface area contributed by atoms with Crippen LogP contribution in [0.3, 0.4) is 0 Å². The van der Waals surface area contributed by atoms with Crippen molar-refractivity contribution in [2.45, 2.75) is 32.7 Å². The molecule has 0 aliphatic rings. The number of hydrogen-bond acceptors (Lipinski definition) is 2. The Morgan fingerprint density at radius 3 is 2.81 bits per heavy atom. The van der Waals surface area contributed by atoms with Crippen LogP contribution in [-0.2, 0) is 4.79 Å². The maximum absolute atomic E-state index is 13.4. The van der Waals surface area contributed by atoms with Crippen molar-refractivity contribution in [3.05, 3.63) is 29.6 Å². The third-order valence-corrected chi connectivity index (χ3v) is 2.31. The second-order valence-corrected chi connectivity index (χ2v) is 4.00. The fraction of sp³-hybridized carbons (Fsp3) is 0.417. The number of nitrogens with one attached hydrogen (secondary N) is 1. The number of amides is 1. The minimum Gasteiger partial charge on any atom is -0.328 e. The highest BCUT2D eigenvalue weighted by atomic mass is 19.1. The van der Waals surface area contributed by atoms with Gasteiger partial charge in [0, 0.05) is 12.5 Å². The summed E-state index contributed by atoms with van der Waals surface area (Å²) in [6, 6.07) is 4.67. The largest absolute Gasteiger partial charge is 0.328 e. The molecule has 1 unspecified atom stereocenters. The van der Waals surface area contributed by atoms with E-state index in [9.17, 15) is 9.18 Å². The molecular weight excluding hydrogens is 207 g/mol. The summed E-state index contributed by atoms with van der Waals surface area (Å²) in [5.41, 5.74) is 6.52. The van der Waals surface area contributed by atoms with E-state index in [4.69, 9.17) is 5.73 Å². The third-order valence-electron chi connectivity index (χ3n) is 2.31. The summed E-state index contributed by atoms with van der Waals surface area (Å²) in [6.07, 6.45) is 0.908. The van der Waals surface area contributed by atoms with E-state index >= 15 is 0 Å². The molecule has 0 aromatic heterocycles. The summed E-state index contributed by atoms with van der Waals surface area (Å²) in [5.74, 6) is -0.611. The van der Waals surface area contributed by atoms with Gasteiger partial charge in [-0.25, -0.2) is 4.39 Å². The van der Waals surface area contributed by atoms with Crippen molar-refractivity contribution in [3.8, 4) is 0 Å². The lowest BCUT2D eigenvalue weighted by molar-refractivity contribution is -0.116. The summed E-state index contributed by atoms with van der Waals surface area (Å²) >= 11 is 0. The molecule has 1 rings (SSSR count). The van der Waals surface area contributed by atoms with E-state index < -0.39 is 5.82 Å². The van der Waals surface area contributed by atoms with Crippen molar-refractivity contribution >= 4 is 11.6 Å². The van der Waals surface area contributed by atoms with Gasteiger partial charge in [0.25, 0.3) is 0 Å². The third kappa shape index (κ3) is 3.62. The number of halogens is 1. The molecule has 0 saturated heterocycles. The highest BCUT2D eigenvalue weighted by Crippen LogP contribution is 2.18. The van der Waals surface area contributed by atoms with Crippen molar-refractivity contribution in [2.75, 3.05) is 5.32 Å². The highest BCUT2D eigenvalue weighted by Gasteiger charge is 2.09. The maximum atomic E-state index is 13.4. The first kappa shape index (κ1) is 12.6. The van der Waals surface area contributed by atoms with Gasteiger partial charge in [-0.15, -0.1) is 0 Å². The van der Waals surface area contributed by atoms with E-state index in [0.29, 0.717) is 18.4 Å². The van der Waals surface area contributed by atoms with Gasteiger partial charge in [0.15, 0.2) is 0 Å². The lowest BCUT2D eigenvalue weighted by atomic mass is 10.1. The summed E-state index contributed by atoms with van der Waals surface area (Å²) in [5, 5.41) is 2.56. The molecule has 1 amide bonds. The van der Waals surface area contributed by atoms with E-state index in [1.165, 1.54) is 6.07 Å². The van der Waals surface area contributed by atoms with Gasteiger partial charge >= 0.3 is 0 Å². The average Bonchev–Trinajstić information content (AvgIpc) is 2.21. The molecule has 0 bridgehead atoms. The van der Waals surface area contributed by atoms with Crippen LogP contribution >= 0.6 is 0 Å². The van der Waals surface area contributed by atoms with Crippen LogP contribution in [-0.4, -0.2) is 11.9 Å². The van der Waals surface area contributed by atoms with E-state index in [0.717, 1.165) is 0 Å². The monoisotopic (exact) mass is 224 g/mol. The zero-order chi connectivity index (χ0) is 12.1. The Balaban J connectivity index is 2.63. The second kappa shape index (κ2) is 5.61. The van der Waals surface area contributed by atoms with Gasteiger partial charge in [0.2, 0.25) is 5.91 Å². The Morgan fingerprint density at radius 1 is 1.56 bits per heavy atom. The van der Waals surface area contributed by atoms with Crippen LogP contribution < -0.4 is 11.1 Å². The maximum Gasteiger partial charge on any atom is 0.224 e. The molecule has 1 aromatic rings. The predicted octanol–water partition coefficient (Wildman–Crippen LogP) is 2.20. The molecule has 88 valence electrons. The molecule has 3 nitrogen and oxygen atoms in total. The Morgan fingerprint density at radius 2 is 2.25 bits per heavy atom. The quantitative estimate of drug-likeness (QED) is 0.823. The average molecular weight is 224 g/mol. The van der Waals surface area contributed by atoms with Gasteiger partial charge < -0.3 is 11.1 Å². The van der Waals surface area contributed by atoms with Crippen LogP contribution in [0.5, 0.6) is 0 Å². The molecule has 16 heavy (non-hydrogen) atoms. The normalized spacial score (nSPS) is 12.2. The fourth-order valence-corrected chi connectivity index (χ4v) is 1.35. The SMILES string of the molecule is Cc1cccc(F)c1NC(=O)CCC(C)N. The molecule has 0 radical (unpaired) electrons. The van der Waals surface area contributed by atoms with Gasteiger partial charge in [0.1, 0.15) is 5.82 Å². The molecule has 1 aromatic carbocycles. The predicted molar refractivity (Wildman–Crippen MR) is 62.7 cm³/mol. The summed E-state index contributed by atoms with van der Waals surface area (Å²) in [7, 11) is 0. The van der Waals surface area contributed by atoms with Gasteiger partial charge in [-0.05, 0) is 31.9 Å². The van der Waals surface area contributed by atoms with E-state index in [1.807, 2.05) is 6.92 Å². The number of rotatable bonds is 4. The van der Waals surface area contributed by atoms with Crippen LogP contribution in [0.2, 0.25) is 0 Å². The van der Waals surface area contributed by atoms with Crippen LogP contribution in [0.4, 0.5) is 10.1 Å². The minimum atomic E-state index is -0.408. The van der Waals surface area contributed by atoms with Gasteiger partial charge in [-0.2, -0.15) is 0 Å². The van der Waals surface area contributed by atoms with Crippen LogP contribution in [0.15, 0.2) is 18.2 Å². The molecule has 0 fully saturated rings. The first-order valence-corrected chi connectivity index (χ1v) is 5.31. The fourth-order valence-electron chi connectivity index (χ4n) is 1.35. The molecule has 0 spiro atoms. The molecular formula is C12H17FN2O. The van der Waals surface area contributed by atoms with Crippen molar-refractivity contribution in [1.29, 1.82) is 0 Å². The van der Waals surface area contributed by atoms with E-state index in [2.05, 4.69) is 5.32 Å².